The van der Waals surface area contributed by atoms with Gasteiger partial charge in [-0.05, 0) is 116 Å². The Hall–Kier alpha value is -10.1. The van der Waals surface area contributed by atoms with Crippen LogP contribution in [0.2, 0.25) is 0 Å². The van der Waals surface area contributed by atoms with Gasteiger partial charge in [0.1, 0.15) is 79.0 Å². The van der Waals surface area contributed by atoms with E-state index in [0.717, 1.165) is 35.5 Å². The van der Waals surface area contributed by atoms with E-state index in [-0.39, 0.29) is 82.6 Å². The van der Waals surface area contributed by atoms with E-state index in [1.54, 1.807) is 66.2 Å². The lowest BCUT2D eigenvalue weighted by molar-refractivity contribution is -0.154. The van der Waals surface area contributed by atoms with Crippen LogP contribution in [0.25, 0.3) is 22.6 Å². The van der Waals surface area contributed by atoms with Gasteiger partial charge in [0, 0.05) is 92.3 Å². The van der Waals surface area contributed by atoms with E-state index in [4.69, 9.17) is 42.0 Å². The molecule has 5 fully saturated rings. The molecular weight excluding hydrogens is 1550 g/mol. The van der Waals surface area contributed by atoms with Gasteiger partial charge in [0.05, 0.1) is 87.0 Å². The van der Waals surface area contributed by atoms with Crippen LogP contribution in [-0.4, -0.2) is 226 Å². The fourth-order valence-corrected chi connectivity index (χ4v) is 16.5. The Kier molecular flexibility index (Phi) is 27.3. The number of fused-ring (bicyclic) bond motifs is 6. The number of benzene rings is 4. The molecular formula is C87H106F6N12O14. The number of aromatic nitrogens is 4. The first-order valence-corrected chi connectivity index (χ1v) is 39.6. The summed E-state index contributed by atoms with van der Waals surface area (Å²) in [6.45, 7) is 15.6. The van der Waals surface area contributed by atoms with Crippen LogP contribution in [0.3, 0.4) is 0 Å². The summed E-state index contributed by atoms with van der Waals surface area (Å²) in [5.41, 5.74) is 2.03. The number of alkyl halides is 6. The fourth-order valence-electron chi connectivity index (χ4n) is 16.5. The number of carbonyl (C=O) groups is 4. The molecule has 7 aliphatic rings. The van der Waals surface area contributed by atoms with Crippen molar-refractivity contribution in [2.45, 2.75) is 172 Å². The third-order valence-corrected chi connectivity index (χ3v) is 22.7. The monoisotopic (exact) mass is 1660 g/mol. The van der Waals surface area contributed by atoms with Crippen molar-refractivity contribution in [3.8, 4) is 45.6 Å². The first-order valence-electron chi connectivity index (χ1n) is 39.6. The van der Waals surface area contributed by atoms with Crippen molar-refractivity contribution in [1.29, 1.82) is 0 Å². The standard InChI is InChI=1S/C43H51F3N6O7.C24H27NO4.C19H24F3N5O3.CH4/c1-41(2,40-48-22-35(58-40)29-19-31(56-5)21-47-20-29)51-16-15-50(33(24-51)38(54)49-26-43(44,45)46)23-30(53)18-28(17-27-11-7-6-8-12-27)39(55)52-37-32-13-9-10-14-34(32)57-25-36(37)59-42(52,3)4;1-24(2)25(22-19-10-6-7-11-20(19)28-15-21(22)29-24)23(26)17(13-18-14-27-18)12-16-8-4-3-5-9-16;1-18(2,17-25-9-15(30-17)12-6-13(29-3)8-23-7-12)27-5-4-24-14(10-27)16(28)26-11-19(20,21)22;/h6-14,19-22,28,30,33,36-37,53H,15-18,23-26H2,1-5H3,(H,49,54);3-11,17-18,21-22H,12-15H2,1-2H3;6-9,14,24H,4-5,10-11H2,1-3H3,(H,26,28);1H4/t28-,30+,33+,36-,37+;17-,18+,21-,22+;14-;/m110./s1. The summed E-state index contributed by atoms with van der Waals surface area (Å²) < 4.78 is 130. The van der Waals surface area contributed by atoms with Gasteiger partial charge in [-0.1, -0.05) is 104 Å². The summed E-state index contributed by atoms with van der Waals surface area (Å²) in [6, 6.07) is 36.5. The number of amides is 4. The number of β-amino-alcohol motifs (C(OH)–C–C–N with tert-alkyl or cyclic N) is 1. The first-order chi connectivity index (χ1) is 56.2. The Balaban J connectivity index is 0.000000181. The van der Waals surface area contributed by atoms with E-state index in [1.807, 2.05) is 172 Å². The molecule has 5 saturated heterocycles. The average molecular weight is 1660 g/mol. The quantitative estimate of drug-likeness (QED) is 0.0323. The molecule has 4 amide bonds. The molecule has 7 aliphatic heterocycles. The Labute approximate surface area is 688 Å². The van der Waals surface area contributed by atoms with Gasteiger partial charge in [-0.2, -0.15) is 26.3 Å². The number of ether oxygens (including phenoxy) is 7. The van der Waals surface area contributed by atoms with E-state index in [0.29, 0.717) is 90.8 Å². The number of aliphatic hydroxyl groups is 1. The minimum atomic E-state index is -4.63. The summed E-state index contributed by atoms with van der Waals surface area (Å²) in [4.78, 5) is 81.2. The maximum atomic E-state index is 14.9. The summed E-state index contributed by atoms with van der Waals surface area (Å²) in [7, 11) is 3.07. The second-order valence-electron chi connectivity index (χ2n) is 32.5. The smallest absolute Gasteiger partial charge is 0.405 e. The number of oxazole rings is 2. The van der Waals surface area contributed by atoms with Gasteiger partial charge in [-0.3, -0.25) is 43.8 Å². The molecule has 0 saturated carbocycles. The number of rotatable bonds is 24. The number of hydrogen-bond donors (Lipinski definition) is 4. The number of nitrogens with one attached hydrogen (secondary N) is 3. The van der Waals surface area contributed by atoms with Crippen molar-refractivity contribution in [2.75, 3.05) is 92.9 Å². The van der Waals surface area contributed by atoms with E-state index in [9.17, 15) is 50.6 Å². The largest absolute Gasteiger partial charge is 0.495 e. The zero-order chi connectivity index (χ0) is 84.1. The molecule has 0 spiro atoms. The highest BCUT2D eigenvalue weighted by molar-refractivity contribution is 5.84. The molecule has 4 aromatic carbocycles. The third kappa shape index (κ3) is 21.0. The van der Waals surface area contributed by atoms with Crippen LogP contribution in [0.4, 0.5) is 26.3 Å². The van der Waals surface area contributed by atoms with E-state index >= 15 is 0 Å². The minimum absolute atomic E-state index is 0. The lowest BCUT2D eigenvalue weighted by Crippen LogP contribution is -2.63. The molecule has 640 valence electrons. The highest BCUT2D eigenvalue weighted by Gasteiger charge is 2.57. The lowest BCUT2D eigenvalue weighted by atomic mass is 9.89. The molecule has 119 heavy (non-hydrogen) atoms. The number of methoxy groups -OCH3 is 2. The second kappa shape index (κ2) is 36.9. The molecule has 26 nitrogen and oxygen atoms in total. The number of epoxide rings is 1. The lowest BCUT2D eigenvalue weighted by Gasteiger charge is -2.46. The van der Waals surface area contributed by atoms with Crippen LogP contribution < -0.4 is 34.9 Å². The van der Waals surface area contributed by atoms with Crippen LogP contribution >= 0.6 is 0 Å². The van der Waals surface area contributed by atoms with Crippen molar-refractivity contribution < 1.29 is 92.6 Å². The Morgan fingerprint density at radius 2 is 1.04 bits per heavy atom. The third-order valence-electron chi connectivity index (χ3n) is 22.7. The summed E-state index contributed by atoms with van der Waals surface area (Å²) in [5.74, 6) is 1.93. The number of aliphatic hydroxyl groups excluding tert-OH is 1. The zero-order valence-corrected chi connectivity index (χ0v) is 67.6. The molecule has 11 heterocycles. The van der Waals surface area contributed by atoms with E-state index in [1.165, 1.54) is 12.7 Å². The molecule has 4 aromatic heterocycles. The van der Waals surface area contributed by atoms with Gasteiger partial charge in [-0.25, -0.2) is 9.97 Å². The highest BCUT2D eigenvalue weighted by atomic mass is 19.4. The number of para-hydroxylation sites is 2. The van der Waals surface area contributed by atoms with Crippen LogP contribution in [0.5, 0.6) is 23.0 Å². The second-order valence-corrected chi connectivity index (χ2v) is 32.5. The molecule has 0 radical (unpaired) electrons. The number of piperazine rings is 2. The summed E-state index contributed by atoms with van der Waals surface area (Å²) >= 11 is 0. The molecule has 0 bridgehead atoms. The molecule has 4 N–H and O–H groups in total. The number of hydrogen-bond acceptors (Lipinski definition) is 22. The predicted molar refractivity (Wildman–Crippen MR) is 427 cm³/mol. The average Bonchev–Trinajstić information content (AvgIpc) is 1.59. The SMILES string of the molecule is C.CC1(C)O[C@@H]2COc3ccccc3[C@@H]2N1C(=O)[C@H](Cc1ccccc1)C[C@H]1CO1.COc1cncc(-c2cnc(C(C)(C)N3CCN(C[C@@H](O)C[C@@H](Cc4ccccc4)C(=O)N4[C@H]5c6ccccc6OC[C@H]5OC4(C)C)[C@H](C(=O)NCC(F)(F)F)C3)o2)c1.COc1cncc(-c2cnc(C(C)(C)N3CCN[C@H](C(=O)NCC(F)(F)F)C3)o2)c1. The first kappa shape index (κ1) is 88.2. The van der Waals surface area contributed by atoms with Gasteiger partial charge in [0.25, 0.3) is 0 Å². The summed E-state index contributed by atoms with van der Waals surface area (Å²) in [5, 5.41) is 18.8. The number of nitrogens with zero attached hydrogens (tertiary/aromatic N) is 9. The topological polar surface area (TPSA) is 287 Å². The molecule has 8 aromatic rings. The van der Waals surface area contributed by atoms with Crippen molar-refractivity contribution in [3.05, 3.63) is 193 Å². The van der Waals surface area contributed by atoms with Gasteiger partial charge >= 0.3 is 12.4 Å². The molecule has 15 rings (SSSR count). The summed E-state index contributed by atoms with van der Waals surface area (Å²) in [6.07, 6.45) is 0.779. The maximum Gasteiger partial charge on any atom is 0.405 e. The van der Waals surface area contributed by atoms with Crippen LogP contribution in [0, 0.1) is 11.8 Å². The molecule has 0 unspecified atom stereocenters. The number of carbonyl (C=O) groups excluding carboxylic acids is 4. The van der Waals surface area contributed by atoms with Gasteiger partial charge in [0.15, 0.2) is 11.5 Å². The van der Waals surface area contributed by atoms with Crippen LogP contribution in [0.1, 0.15) is 122 Å². The van der Waals surface area contributed by atoms with E-state index in [2.05, 4.69) is 42.7 Å². The molecule has 10 atom stereocenters. The number of pyridine rings is 2. The predicted octanol–water partition coefficient (Wildman–Crippen LogP) is 11.7. The van der Waals surface area contributed by atoms with E-state index < -0.39 is 96.0 Å². The van der Waals surface area contributed by atoms with Crippen molar-refractivity contribution in [2.24, 2.45) is 11.8 Å². The molecule has 0 aliphatic carbocycles. The van der Waals surface area contributed by atoms with Crippen LogP contribution in [0.15, 0.2) is 167 Å². The molecule has 32 heteroatoms. The van der Waals surface area contributed by atoms with Gasteiger partial charge in [-0.15, -0.1) is 0 Å². The van der Waals surface area contributed by atoms with Gasteiger partial charge < -0.3 is 72.8 Å². The Morgan fingerprint density at radius 1 is 0.588 bits per heavy atom. The maximum absolute atomic E-state index is 14.9. The van der Waals surface area contributed by atoms with Crippen molar-refractivity contribution in [3.63, 3.8) is 0 Å². The normalized spacial score (nSPS) is 22.1. The van der Waals surface area contributed by atoms with Crippen molar-refractivity contribution in [1.82, 2.24) is 60.4 Å². The minimum Gasteiger partial charge on any atom is -0.495 e. The van der Waals surface area contributed by atoms with Crippen molar-refractivity contribution >= 4 is 23.6 Å². The van der Waals surface area contributed by atoms with Crippen LogP contribution in [-0.2, 0) is 57.3 Å². The Morgan fingerprint density at radius 3 is 1.52 bits per heavy atom. The Bertz CT molecular complexity index is 4760. The highest BCUT2D eigenvalue weighted by Crippen LogP contribution is 2.50. The fraction of sp³-hybridized carbons (Fsp3) is 0.494. The zero-order valence-electron chi connectivity index (χ0n) is 67.6. The van der Waals surface area contributed by atoms with Gasteiger partial charge in [0.2, 0.25) is 35.4 Å². The number of halogens is 6.